The smallest absolute Gasteiger partial charge is 0.320 e. The third-order valence-electron chi connectivity index (χ3n) is 5.33. The van der Waals surface area contributed by atoms with Gasteiger partial charge in [-0.1, -0.05) is 25.4 Å². The van der Waals surface area contributed by atoms with Crippen LogP contribution in [-0.4, -0.2) is 51.7 Å². The lowest BCUT2D eigenvalue weighted by Crippen LogP contribution is -2.40. The zero-order valence-corrected chi connectivity index (χ0v) is 16.8. The quantitative estimate of drug-likeness (QED) is 0.716. The number of pyridine rings is 1. The maximum absolute atomic E-state index is 6.34. The molecule has 4 rings (SSSR count). The SMILES string of the molecule is CC(C)COc1nc(OC2CCCCN3CCC[C@@H]23)nc2cc(Cl)ncc12. The van der Waals surface area contributed by atoms with Crippen molar-refractivity contribution >= 4 is 22.5 Å². The Kier molecular flexibility index (Phi) is 5.64. The van der Waals surface area contributed by atoms with Crippen molar-refractivity contribution in [2.24, 2.45) is 5.92 Å². The van der Waals surface area contributed by atoms with Crippen LogP contribution in [0, 0.1) is 5.92 Å². The Hall–Kier alpha value is -1.66. The van der Waals surface area contributed by atoms with Gasteiger partial charge in [0.05, 0.1) is 17.5 Å². The van der Waals surface area contributed by atoms with Gasteiger partial charge in [-0.15, -0.1) is 0 Å². The van der Waals surface area contributed by atoms with E-state index in [-0.39, 0.29) is 6.10 Å². The number of halogens is 1. The largest absolute Gasteiger partial charge is 0.477 e. The molecule has 4 heterocycles. The molecule has 0 N–H and O–H groups in total. The van der Waals surface area contributed by atoms with Crippen molar-refractivity contribution in [3.05, 3.63) is 17.4 Å². The molecule has 2 saturated heterocycles. The highest BCUT2D eigenvalue weighted by Gasteiger charge is 2.35. The van der Waals surface area contributed by atoms with Crippen LogP contribution < -0.4 is 9.47 Å². The van der Waals surface area contributed by atoms with Crippen LogP contribution in [0.25, 0.3) is 10.9 Å². The summed E-state index contributed by atoms with van der Waals surface area (Å²) in [4.78, 5) is 15.9. The van der Waals surface area contributed by atoms with E-state index < -0.39 is 0 Å². The van der Waals surface area contributed by atoms with Gasteiger partial charge in [0.15, 0.2) is 0 Å². The predicted octanol–water partition coefficient (Wildman–Crippen LogP) is 4.11. The minimum absolute atomic E-state index is 0.128. The van der Waals surface area contributed by atoms with Gasteiger partial charge in [-0.05, 0) is 51.1 Å². The molecule has 2 fully saturated rings. The van der Waals surface area contributed by atoms with Crippen molar-refractivity contribution in [2.45, 2.75) is 58.1 Å². The first kappa shape index (κ1) is 18.7. The van der Waals surface area contributed by atoms with Gasteiger partial charge in [-0.25, -0.2) is 4.98 Å². The molecule has 0 aliphatic carbocycles. The third kappa shape index (κ3) is 4.27. The van der Waals surface area contributed by atoms with E-state index in [4.69, 9.17) is 21.1 Å². The number of ether oxygens (including phenoxy) is 2. The van der Waals surface area contributed by atoms with Gasteiger partial charge in [0.1, 0.15) is 11.3 Å². The topological polar surface area (TPSA) is 60.4 Å². The summed E-state index contributed by atoms with van der Waals surface area (Å²) >= 11 is 6.08. The molecular weight excluding hydrogens is 364 g/mol. The minimum atomic E-state index is 0.128. The number of fused-ring (bicyclic) bond motifs is 2. The Morgan fingerprint density at radius 3 is 2.89 bits per heavy atom. The van der Waals surface area contributed by atoms with Crippen LogP contribution in [0.3, 0.4) is 0 Å². The van der Waals surface area contributed by atoms with E-state index in [1.54, 1.807) is 12.3 Å². The summed E-state index contributed by atoms with van der Waals surface area (Å²) in [5.74, 6) is 0.915. The van der Waals surface area contributed by atoms with Crippen molar-refractivity contribution < 1.29 is 9.47 Å². The summed E-state index contributed by atoms with van der Waals surface area (Å²) in [6.07, 6.45) is 7.68. The van der Waals surface area contributed by atoms with Gasteiger partial charge in [0.2, 0.25) is 5.88 Å². The molecule has 0 radical (unpaired) electrons. The number of nitrogens with zero attached hydrogens (tertiary/aromatic N) is 4. The summed E-state index contributed by atoms with van der Waals surface area (Å²) in [7, 11) is 0. The van der Waals surface area contributed by atoms with Gasteiger partial charge >= 0.3 is 6.01 Å². The lowest BCUT2D eigenvalue weighted by atomic mass is 10.0. The summed E-state index contributed by atoms with van der Waals surface area (Å²) < 4.78 is 12.3. The number of rotatable bonds is 5. The molecule has 6 nitrogen and oxygen atoms in total. The summed E-state index contributed by atoms with van der Waals surface area (Å²) in [6, 6.07) is 2.58. The fraction of sp³-hybridized carbons (Fsp3) is 0.650. The van der Waals surface area contributed by atoms with Crippen molar-refractivity contribution in [1.29, 1.82) is 0 Å². The minimum Gasteiger partial charge on any atom is -0.477 e. The lowest BCUT2D eigenvalue weighted by molar-refractivity contribution is 0.0920. The van der Waals surface area contributed by atoms with Crippen molar-refractivity contribution in [2.75, 3.05) is 19.7 Å². The van der Waals surface area contributed by atoms with Crippen molar-refractivity contribution in [3.63, 3.8) is 0 Å². The second-order valence-corrected chi connectivity index (χ2v) is 8.33. The predicted molar refractivity (Wildman–Crippen MR) is 106 cm³/mol. The van der Waals surface area contributed by atoms with E-state index in [1.807, 2.05) is 0 Å². The molecule has 2 atom stereocenters. The van der Waals surface area contributed by atoms with Gasteiger partial charge in [0.25, 0.3) is 0 Å². The zero-order valence-electron chi connectivity index (χ0n) is 16.0. The Labute approximate surface area is 165 Å². The highest BCUT2D eigenvalue weighted by molar-refractivity contribution is 6.30. The van der Waals surface area contributed by atoms with Gasteiger partial charge in [-0.2, -0.15) is 9.97 Å². The second kappa shape index (κ2) is 8.15. The molecule has 0 saturated carbocycles. The number of aromatic nitrogens is 3. The summed E-state index contributed by atoms with van der Waals surface area (Å²) in [5, 5.41) is 1.16. The molecule has 7 heteroatoms. The number of hydrogen-bond donors (Lipinski definition) is 0. The molecule has 2 aliphatic rings. The molecule has 27 heavy (non-hydrogen) atoms. The summed E-state index contributed by atoms with van der Waals surface area (Å²) in [6.45, 7) is 7.14. The Balaban J connectivity index is 1.64. The average Bonchev–Trinajstić information content (AvgIpc) is 3.02. The van der Waals surface area contributed by atoms with Crippen LogP contribution in [0.1, 0.15) is 46.0 Å². The second-order valence-electron chi connectivity index (χ2n) is 7.94. The van der Waals surface area contributed by atoms with E-state index in [0.29, 0.717) is 41.1 Å². The van der Waals surface area contributed by atoms with Crippen molar-refractivity contribution in [3.8, 4) is 11.9 Å². The summed E-state index contributed by atoms with van der Waals surface area (Å²) in [5.41, 5.74) is 0.704. The van der Waals surface area contributed by atoms with E-state index in [1.165, 1.54) is 38.8 Å². The molecule has 2 aliphatic heterocycles. The van der Waals surface area contributed by atoms with Crippen LogP contribution in [-0.2, 0) is 0 Å². The third-order valence-corrected chi connectivity index (χ3v) is 5.54. The first-order valence-electron chi connectivity index (χ1n) is 9.97. The van der Waals surface area contributed by atoms with Crippen molar-refractivity contribution in [1.82, 2.24) is 19.9 Å². The molecule has 146 valence electrons. The standard InChI is InChI=1S/C20H27ClN4O2/c1-13(2)12-26-19-14-11-22-18(21)10-15(14)23-20(24-19)27-17-7-3-4-8-25-9-5-6-16(17)25/h10-11,13,16-17H,3-9,12H2,1-2H3/t16-,17?/m0/s1. The molecule has 0 spiro atoms. The average molecular weight is 391 g/mol. The van der Waals surface area contributed by atoms with Crippen LogP contribution in [0.15, 0.2) is 12.3 Å². The molecular formula is C20H27ClN4O2. The van der Waals surface area contributed by atoms with E-state index in [0.717, 1.165) is 11.8 Å². The molecule has 2 aromatic heterocycles. The monoisotopic (exact) mass is 390 g/mol. The highest BCUT2D eigenvalue weighted by atomic mass is 35.5. The van der Waals surface area contributed by atoms with Gasteiger partial charge in [0, 0.05) is 18.3 Å². The first-order chi connectivity index (χ1) is 13.1. The zero-order chi connectivity index (χ0) is 18.8. The Morgan fingerprint density at radius 1 is 1.19 bits per heavy atom. The molecule has 1 unspecified atom stereocenters. The van der Waals surface area contributed by atoms with E-state index in [9.17, 15) is 0 Å². The molecule has 0 amide bonds. The van der Waals surface area contributed by atoms with E-state index >= 15 is 0 Å². The van der Waals surface area contributed by atoms with Crippen LogP contribution in [0.2, 0.25) is 5.15 Å². The van der Waals surface area contributed by atoms with Crippen LogP contribution >= 0.6 is 11.6 Å². The Bertz CT molecular complexity index is 801. The normalized spacial score (nSPS) is 23.4. The molecule has 2 aromatic rings. The highest BCUT2D eigenvalue weighted by Crippen LogP contribution is 2.31. The van der Waals surface area contributed by atoms with Gasteiger partial charge in [-0.3, -0.25) is 4.90 Å². The van der Waals surface area contributed by atoms with Crippen LogP contribution in [0.4, 0.5) is 0 Å². The Morgan fingerprint density at radius 2 is 2.04 bits per heavy atom. The fourth-order valence-corrected chi connectivity index (χ4v) is 4.19. The maximum Gasteiger partial charge on any atom is 0.320 e. The lowest BCUT2D eigenvalue weighted by Gasteiger charge is -2.28. The molecule has 0 aromatic carbocycles. The maximum atomic E-state index is 6.34. The van der Waals surface area contributed by atoms with Crippen LogP contribution in [0.5, 0.6) is 11.9 Å². The first-order valence-corrected chi connectivity index (χ1v) is 10.3. The number of hydrogen-bond acceptors (Lipinski definition) is 6. The van der Waals surface area contributed by atoms with Gasteiger partial charge < -0.3 is 9.47 Å². The van der Waals surface area contributed by atoms with E-state index in [2.05, 4.69) is 33.7 Å². The molecule has 0 bridgehead atoms. The fourth-order valence-electron chi connectivity index (χ4n) is 4.04.